The van der Waals surface area contributed by atoms with Gasteiger partial charge in [-0.05, 0) is 55.5 Å². The molecular formula is C17H21N. The maximum atomic E-state index is 7.75. The number of hydrogen-bond donors (Lipinski definition) is 1. The molecule has 1 nitrogen and oxygen atoms in total. The molecule has 1 aromatic carbocycles. The van der Waals surface area contributed by atoms with Crippen LogP contribution < -0.4 is 0 Å². The molecule has 0 fully saturated rings. The lowest BCUT2D eigenvalue weighted by molar-refractivity contribution is 1.33. The van der Waals surface area contributed by atoms with Gasteiger partial charge >= 0.3 is 0 Å². The van der Waals surface area contributed by atoms with E-state index < -0.39 is 0 Å². The summed E-state index contributed by atoms with van der Waals surface area (Å²) in [5.41, 5.74) is 5.95. The molecule has 0 aromatic heterocycles. The van der Waals surface area contributed by atoms with E-state index in [1.165, 1.54) is 11.1 Å². The van der Waals surface area contributed by atoms with Gasteiger partial charge in [0.15, 0.2) is 0 Å². The molecule has 0 spiro atoms. The van der Waals surface area contributed by atoms with Crippen molar-refractivity contribution >= 4 is 11.3 Å². The molecule has 1 rings (SSSR count). The second-order valence-electron chi connectivity index (χ2n) is 4.51. The van der Waals surface area contributed by atoms with Crippen LogP contribution in [-0.2, 0) is 0 Å². The van der Waals surface area contributed by atoms with Crippen molar-refractivity contribution < 1.29 is 0 Å². The minimum Gasteiger partial charge on any atom is -0.305 e. The molecule has 94 valence electrons. The number of hydrogen-bond acceptors (Lipinski definition) is 1. The summed E-state index contributed by atoms with van der Waals surface area (Å²) >= 11 is 0. The van der Waals surface area contributed by atoms with Crippen LogP contribution in [0.4, 0.5) is 0 Å². The quantitative estimate of drug-likeness (QED) is 0.573. The van der Waals surface area contributed by atoms with Gasteiger partial charge in [0, 0.05) is 5.71 Å². The van der Waals surface area contributed by atoms with Crippen molar-refractivity contribution in [1.82, 2.24) is 0 Å². The Morgan fingerprint density at radius 2 is 1.89 bits per heavy atom. The summed E-state index contributed by atoms with van der Waals surface area (Å²) in [5.74, 6) is 0. The molecule has 1 aromatic rings. The van der Waals surface area contributed by atoms with Crippen molar-refractivity contribution in [2.45, 2.75) is 27.7 Å². The van der Waals surface area contributed by atoms with Crippen LogP contribution in [0, 0.1) is 19.3 Å². The van der Waals surface area contributed by atoms with Gasteiger partial charge in [0.1, 0.15) is 0 Å². The molecule has 1 heteroatoms. The summed E-state index contributed by atoms with van der Waals surface area (Å²) in [6.45, 7) is 12.0. The predicted octanol–water partition coefficient (Wildman–Crippen LogP) is 4.86. The van der Waals surface area contributed by atoms with Crippen LogP contribution in [0.25, 0.3) is 5.57 Å². The molecule has 0 aliphatic rings. The van der Waals surface area contributed by atoms with E-state index in [1.54, 1.807) is 6.92 Å². The number of allylic oxidation sites excluding steroid dienone is 5. The van der Waals surface area contributed by atoms with Gasteiger partial charge in [0.2, 0.25) is 0 Å². The smallest absolute Gasteiger partial charge is 0.0355 e. The minimum atomic E-state index is 0.504. The zero-order chi connectivity index (χ0) is 13.7. The highest BCUT2D eigenvalue weighted by Crippen LogP contribution is 2.25. The third-order valence-corrected chi connectivity index (χ3v) is 3.05. The van der Waals surface area contributed by atoms with Gasteiger partial charge in [-0.3, -0.25) is 0 Å². The second-order valence-corrected chi connectivity index (χ2v) is 4.51. The van der Waals surface area contributed by atoms with Crippen LogP contribution in [0.1, 0.15) is 30.5 Å². The lowest BCUT2D eigenvalue weighted by atomic mass is 9.93. The number of benzene rings is 1. The van der Waals surface area contributed by atoms with Gasteiger partial charge in [-0.2, -0.15) is 0 Å². The lowest BCUT2D eigenvalue weighted by Gasteiger charge is -2.11. The van der Waals surface area contributed by atoms with E-state index in [9.17, 15) is 0 Å². The Kier molecular flexibility index (Phi) is 4.85. The van der Waals surface area contributed by atoms with E-state index in [1.807, 2.05) is 25.2 Å². The molecule has 0 amide bonds. The number of aryl methyl sites for hydroxylation is 2. The minimum absolute atomic E-state index is 0.504. The highest BCUT2D eigenvalue weighted by molar-refractivity contribution is 6.10. The fourth-order valence-electron chi connectivity index (χ4n) is 1.67. The summed E-state index contributed by atoms with van der Waals surface area (Å²) in [6.07, 6.45) is 5.98. The van der Waals surface area contributed by atoms with Crippen molar-refractivity contribution in [1.29, 1.82) is 5.41 Å². The van der Waals surface area contributed by atoms with Crippen LogP contribution in [0.15, 0.2) is 48.6 Å². The number of nitrogens with one attached hydrogen (secondary N) is 1. The topological polar surface area (TPSA) is 23.9 Å². The van der Waals surface area contributed by atoms with Gasteiger partial charge < -0.3 is 5.41 Å². The zero-order valence-electron chi connectivity index (χ0n) is 11.7. The standard InChI is InChI=1S/C17H21N/c1-6-7-8-17(14(4)15(5)18)16-10-9-12(2)13(3)11-16/h6-11,18H,4H2,1-3,5H3/b7-6-,17-8+,18-15?. The molecule has 0 atom stereocenters. The Morgan fingerprint density at radius 3 is 2.39 bits per heavy atom. The summed E-state index contributed by atoms with van der Waals surface area (Å²) in [5, 5.41) is 7.75. The lowest BCUT2D eigenvalue weighted by Crippen LogP contribution is -1.98. The third kappa shape index (κ3) is 3.30. The third-order valence-electron chi connectivity index (χ3n) is 3.05. The SMILES string of the molecule is C=C(C(C)=N)/C(=C\C=C/C)c1ccc(C)c(C)c1. The van der Waals surface area contributed by atoms with E-state index >= 15 is 0 Å². The molecule has 0 bridgehead atoms. The average molecular weight is 239 g/mol. The van der Waals surface area contributed by atoms with E-state index in [2.05, 4.69) is 38.6 Å². The van der Waals surface area contributed by atoms with Crippen LogP contribution in [-0.4, -0.2) is 5.71 Å². The van der Waals surface area contributed by atoms with Gasteiger partial charge in [-0.15, -0.1) is 0 Å². The Morgan fingerprint density at radius 1 is 1.22 bits per heavy atom. The molecular weight excluding hydrogens is 218 g/mol. The number of rotatable bonds is 4. The van der Waals surface area contributed by atoms with Crippen LogP contribution >= 0.6 is 0 Å². The highest BCUT2D eigenvalue weighted by Gasteiger charge is 2.08. The Balaban J connectivity index is 3.30. The fourth-order valence-corrected chi connectivity index (χ4v) is 1.67. The summed E-state index contributed by atoms with van der Waals surface area (Å²) in [7, 11) is 0. The second kappa shape index (κ2) is 6.15. The normalized spacial score (nSPS) is 11.9. The molecule has 0 saturated carbocycles. The van der Waals surface area contributed by atoms with Crippen molar-refractivity contribution in [3.05, 3.63) is 65.3 Å². The Bertz CT molecular complexity index is 531. The van der Waals surface area contributed by atoms with Crippen molar-refractivity contribution in [2.75, 3.05) is 0 Å². The fraction of sp³-hybridized carbons (Fsp3) is 0.235. The first kappa shape index (κ1) is 14.2. The largest absolute Gasteiger partial charge is 0.305 e. The van der Waals surface area contributed by atoms with E-state index in [-0.39, 0.29) is 0 Å². The average Bonchev–Trinajstić information content (AvgIpc) is 2.33. The molecule has 18 heavy (non-hydrogen) atoms. The first-order valence-corrected chi connectivity index (χ1v) is 6.12. The Labute approximate surface area is 110 Å². The molecule has 1 N–H and O–H groups in total. The first-order chi connectivity index (χ1) is 8.47. The summed E-state index contributed by atoms with van der Waals surface area (Å²) in [6, 6.07) is 6.35. The van der Waals surface area contributed by atoms with Gasteiger partial charge in [-0.25, -0.2) is 0 Å². The molecule has 0 unspecified atom stereocenters. The highest BCUT2D eigenvalue weighted by atomic mass is 14.4. The maximum absolute atomic E-state index is 7.75. The molecule has 0 aliphatic heterocycles. The van der Waals surface area contributed by atoms with E-state index in [0.717, 1.165) is 16.7 Å². The zero-order valence-corrected chi connectivity index (χ0v) is 11.7. The molecule has 0 aliphatic carbocycles. The predicted molar refractivity (Wildman–Crippen MR) is 81.2 cm³/mol. The Hall–Kier alpha value is -1.89. The molecule has 0 radical (unpaired) electrons. The molecule has 0 heterocycles. The van der Waals surface area contributed by atoms with Crippen LogP contribution in [0.5, 0.6) is 0 Å². The van der Waals surface area contributed by atoms with Crippen molar-refractivity contribution in [3.63, 3.8) is 0 Å². The van der Waals surface area contributed by atoms with Gasteiger partial charge in [0.05, 0.1) is 0 Å². The molecule has 0 saturated heterocycles. The summed E-state index contributed by atoms with van der Waals surface area (Å²) < 4.78 is 0. The summed E-state index contributed by atoms with van der Waals surface area (Å²) in [4.78, 5) is 0. The van der Waals surface area contributed by atoms with Crippen molar-refractivity contribution in [2.24, 2.45) is 0 Å². The van der Waals surface area contributed by atoms with Crippen molar-refractivity contribution in [3.8, 4) is 0 Å². The monoisotopic (exact) mass is 239 g/mol. The maximum Gasteiger partial charge on any atom is 0.0355 e. The van der Waals surface area contributed by atoms with E-state index in [4.69, 9.17) is 5.41 Å². The van der Waals surface area contributed by atoms with Gasteiger partial charge in [-0.1, -0.05) is 43.0 Å². The van der Waals surface area contributed by atoms with Crippen LogP contribution in [0.3, 0.4) is 0 Å². The van der Waals surface area contributed by atoms with Crippen LogP contribution in [0.2, 0.25) is 0 Å². The first-order valence-electron chi connectivity index (χ1n) is 6.12. The van der Waals surface area contributed by atoms with Gasteiger partial charge in [0.25, 0.3) is 0 Å². The van der Waals surface area contributed by atoms with E-state index in [0.29, 0.717) is 5.71 Å².